The lowest BCUT2D eigenvalue weighted by Gasteiger charge is -2.04. The van der Waals surface area contributed by atoms with E-state index in [2.05, 4.69) is 0 Å². The monoisotopic (exact) mass is 346 g/mol. The average Bonchev–Trinajstić information content (AvgIpc) is 2.60. The van der Waals surface area contributed by atoms with Gasteiger partial charge in [-0.2, -0.15) is 0 Å². The van der Waals surface area contributed by atoms with Crippen LogP contribution in [0.2, 0.25) is 0 Å². The lowest BCUT2D eigenvalue weighted by Crippen LogP contribution is -1.97. The Morgan fingerprint density at radius 2 is 1.32 bits per heavy atom. The number of benzene rings is 2. The van der Waals surface area contributed by atoms with Crippen LogP contribution in [0.4, 0.5) is 0 Å². The van der Waals surface area contributed by atoms with Gasteiger partial charge in [-0.15, -0.1) is 0 Å². The van der Waals surface area contributed by atoms with Crippen molar-refractivity contribution in [1.82, 2.24) is 0 Å². The highest BCUT2D eigenvalue weighted by Gasteiger charge is 2.09. The van der Waals surface area contributed by atoms with Crippen LogP contribution in [-0.4, -0.2) is 34.0 Å². The predicted molar refractivity (Wildman–Crippen MR) is 93.7 cm³/mol. The number of phenolic OH excluding ortho intramolecular Hbond substituents is 3. The van der Waals surface area contributed by atoms with E-state index < -0.39 is 0 Å². The quantitative estimate of drug-likeness (QED) is 0.713. The van der Waals surface area contributed by atoms with E-state index in [0.29, 0.717) is 24.2 Å². The molecule has 0 heterocycles. The van der Waals surface area contributed by atoms with E-state index in [1.54, 1.807) is 26.0 Å². The molecule has 0 bridgehead atoms. The Labute approximate surface area is 146 Å². The van der Waals surface area contributed by atoms with E-state index in [-0.39, 0.29) is 34.4 Å². The molecule has 0 radical (unpaired) electrons. The molecule has 0 amide bonds. The number of carbonyl (C=O) groups excluding carboxylic acids is 2. The molecule has 0 aromatic heterocycles. The minimum absolute atomic E-state index is 0.0220. The molecular weight excluding hydrogens is 324 g/mol. The summed E-state index contributed by atoms with van der Waals surface area (Å²) in [4.78, 5) is 22.3. The summed E-state index contributed by atoms with van der Waals surface area (Å²) < 4.78 is 4.89. The van der Waals surface area contributed by atoms with Crippen molar-refractivity contribution in [2.45, 2.75) is 26.7 Å². The van der Waals surface area contributed by atoms with Crippen molar-refractivity contribution in [1.29, 1.82) is 0 Å². The Hall–Kier alpha value is -3.02. The fraction of sp³-hybridized carbons (Fsp3) is 0.263. The smallest absolute Gasteiger partial charge is 0.166 e. The zero-order valence-corrected chi connectivity index (χ0v) is 14.4. The standard InChI is InChI=1S/C10H12O3.C9H10O3/c1-3-9(11)8-5-4-7(13-2)6-10(8)12;1-2-8(11)7-4-3-6(10)5-9(7)12/h4-6,12H,3H2,1-2H3;3-5,10,12H,2H2,1H3. The number of ether oxygens (including phenoxy) is 1. The van der Waals surface area contributed by atoms with Crippen LogP contribution in [-0.2, 0) is 0 Å². The van der Waals surface area contributed by atoms with E-state index >= 15 is 0 Å². The number of ketones is 2. The highest BCUT2D eigenvalue weighted by atomic mass is 16.5. The van der Waals surface area contributed by atoms with Crippen molar-refractivity contribution in [3.8, 4) is 23.0 Å². The molecule has 0 fully saturated rings. The Balaban J connectivity index is 0.000000251. The van der Waals surface area contributed by atoms with Gasteiger partial charge in [0.15, 0.2) is 11.6 Å². The van der Waals surface area contributed by atoms with Gasteiger partial charge in [0, 0.05) is 25.0 Å². The summed E-state index contributed by atoms with van der Waals surface area (Å²) in [5.74, 6) is 0.117. The van der Waals surface area contributed by atoms with Gasteiger partial charge in [0.05, 0.1) is 18.2 Å². The number of phenols is 3. The van der Waals surface area contributed by atoms with Gasteiger partial charge in [0.25, 0.3) is 0 Å². The third-order valence-electron chi connectivity index (χ3n) is 3.43. The van der Waals surface area contributed by atoms with Crippen molar-refractivity contribution >= 4 is 11.6 Å². The van der Waals surface area contributed by atoms with Crippen LogP contribution in [0.3, 0.4) is 0 Å². The Bertz CT molecular complexity index is 752. The van der Waals surface area contributed by atoms with Gasteiger partial charge in [0.2, 0.25) is 0 Å². The minimum Gasteiger partial charge on any atom is -0.508 e. The van der Waals surface area contributed by atoms with Crippen LogP contribution in [0.15, 0.2) is 36.4 Å². The fourth-order valence-corrected chi connectivity index (χ4v) is 2.01. The van der Waals surface area contributed by atoms with Crippen LogP contribution in [0.25, 0.3) is 0 Å². The number of Topliss-reactive ketones (excluding diaryl/α,β-unsaturated/α-hetero) is 2. The molecule has 0 saturated heterocycles. The molecule has 0 aliphatic heterocycles. The van der Waals surface area contributed by atoms with Gasteiger partial charge >= 0.3 is 0 Å². The van der Waals surface area contributed by atoms with Crippen molar-refractivity contribution < 1.29 is 29.6 Å². The van der Waals surface area contributed by atoms with Gasteiger partial charge in [-0.1, -0.05) is 13.8 Å². The summed E-state index contributed by atoms with van der Waals surface area (Å²) in [6.45, 7) is 3.47. The molecule has 3 N–H and O–H groups in total. The van der Waals surface area contributed by atoms with Crippen LogP contribution in [0, 0.1) is 0 Å². The van der Waals surface area contributed by atoms with Crippen LogP contribution in [0.1, 0.15) is 47.4 Å². The molecule has 2 aromatic rings. The molecule has 0 spiro atoms. The first-order valence-electron chi connectivity index (χ1n) is 7.79. The summed E-state index contributed by atoms with van der Waals surface area (Å²) in [5.41, 5.74) is 0.610. The normalized spacial score (nSPS) is 9.72. The molecule has 0 aliphatic rings. The number of rotatable bonds is 5. The van der Waals surface area contributed by atoms with Gasteiger partial charge in [0.1, 0.15) is 23.0 Å². The van der Waals surface area contributed by atoms with Crippen molar-refractivity contribution in [2.24, 2.45) is 0 Å². The third-order valence-corrected chi connectivity index (χ3v) is 3.43. The topological polar surface area (TPSA) is 104 Å². The van der Waals surface area contributed by atoms with E-state index in [9.17, 15) is 19.8 Å². The molecule has 2 rings (SSSR count). The summed E-state index contributed by atoms with van der Waals surface area (Å²) in [6.07, 6.45) is 0.734. The minimum atomic E-state index is -0.165. The fourth-order valence-electron chi connectivity index (χ4n) is 2.01. The van der Waals surface area contributed by atoms with Crippen LogP contribution >= 0.6 is 0 Å². The third kappa shape index (κ3) is 5.53. The Morgan fingerprint density at radius 1 is 0.840 bits per heavy atom. The lowest BCUT2D eigenvalue weighted by molar-refractivity contribution is 0.0977. The van der Waals surface area contributed by atoms with E-state index in [1.165, 1.54) is 25.3 Å². The zero-order valence-electron chi connectivity index (χ0n) is 14.4. The lowest BCUT2D eigenvalue weighted by atomic mass is 10.1. The van der Waals surface area contributed by atoms with E-state index in [1.807, 2.05) is 0 Å². The molecule has 2 aromatic carbocycles. The number of methoxy groups -OCH3 is 1. The molecule has 134 valence electrons. The zero-order chi connectivity index (χ0) is 19.0. The second-order valence-corrected chi connectivity index (χ2v) is 5.14. The first-order chi connectivity index (χ1) is 11.8. The van der Waals surface area contributed by atoms with Crippen LogP contribution in [0.5, 0.6) is 23.0 Å². The molecule has 0 saturated carbocycles. The van der Waals surface area contributed by atoms with Gasteiger partial charge in [-0.3, -0.25) is 9.59 Å². The molecule has 0 aliphatic carbocycles. The maximum atomic E-state index is 11.2. The number of aromatic hydroxyl groups is 3. The molecule has 0 unspecified atom stereocenters. The van der Waals surface area contributed by atoms with Gasteiger partial charge in [-0.25, -0.2) is 0 Å². The summed E-state index contributed by atoms with van der Waals surface area (Å²) in [7, 11) is 1.51. The largest absolute Gasteiger partial charge is 0.508 e. The summed E-state index contributed by atoms with van der Waals surface area (Å²) >= 11 is 0. The van der Waals surface area contributed by atoms with Gasteiger partial charge < -0.3 is 20.1 Å². The van der Waals surface area contributed by atoms with E-state index in [0.717, 1.165) is 6.07 Å². The van der Waals surface area contributed by atoms with Crippen molar-refractivity contribution in [3.05, 3.63) is 47.5 Å². The highest BCUT2D eigenvalue weighted by molar-refractivity contribution is 5.99. The average molecular weight is 346 g/mol. The predicted octanol–water partition coefficient (Wildman–Crippen LogP) is 3.68. The maximum absolute atomic E-state index is 11.2. The van der Waals surface area contributed by atoms with Crippen molar-refractivity contribution in [2.75, 3.05) is 7.11 Å². The van der Waals surface area contributed by atoms with E-state index in [4.69, 9.17) is 9.84 Å². The second kappa shape index (κ2) is 9.32. The first kappa shape index (κ1) is 20.0. The Kier molecular flexibility index (Phi) is 7.46. The molecule has 6 heteroatoms. The molecule has 25 heavy (non-hydrogen) atoms. The highest BCUT2D eigenvalue weighted by Crippen LogP contribution is 2.24. The number of hydrogen-bond donors (Lipinski definition) is 3. The molecule has 6 nitrogen and oxygen atoms in total. The van der Waals surface area contributed by atoms with Crippen LogP contribution < -0.4 is 4.74 Å². The summed E-state index contributed by atoms with van der Waals surface area (Å²) in [5, 5.41) is 27.6. The molecule has 0 atom stereocenters. The number of carbonyl (C=O) groups is 2. The Morgan fingerprint density at radius 3 is 1.72 bits per heavy atom. The van der Waals surface area contributed by atoms with Crippen molar-refractivity contribution in [3.63, 3.8) is 0 Å². The maximum Gasteiger partial charge on any atom is 0.166 e. The number of hydrogen-bond acceptors (Lipinski definition) is 6. The SMILES string of the molecule is CCC(=O)c1ccc(O)cc1O.CCC(=O)c1ccc(OC)cc1O. The summed E-state index contributed by atoms with van der Waals surface area (Å²) in [6, 6.07) is 8.60. The second-order valence-electron chi connectivity index (χ2n) is 5.14. The molecular formula is C19H22O6. The first-order valence-corrected chi connectivity index (χ1v) is 7.79. The van der Waals surface area contributed by atoms with Gasteiger partial charge in [-0.05, 0) is 24.3 Å².